The number of rotatable bonds is 4. The molecule has 0 saturated carbocycles. The molecule has 0 bridgehead atoms. The van der Waals surface area contributed by atoms with Gasteiger partial charge in [0.1, 0.15) is 17.3 Å². The molecule has 0 unspecified atom stereocenters. The van der Waals surface area contributed by atoms with Crippen molar-refractivity contribution in [2.24, 2.45) is 0 Å². The summed E-state index contributed by atoms with van der Waals surface area (Å²) < 4.78 is 27.8. The van der Waals surface area contributed by atoms with Gasteiger partial charge in [0.05, 0.1) is 0 Å². The number of carbonyl (C=O) groups excluding carboxylic acids is 1. The summed E-state index contributed by atoms with van der Waals surface area (Å²) in [7, 11) is 0. The van der Waals surface area contributed by atoms with E-state index in [0.717, 1.165) is 6.42 Å². The van der Waals surface area contributed by atoms with Crippen molar-refractivity contribution in [3.8, 4) is 0 Å². The van der Waals surface area contributed by atoms with Crippen LogP contribution >= 0.6 is 0 Å². The number of urea groups is 1. The SMILES string of the molecule is O=C(NC[C@H]1Cc2ccccc21)N[C@@H]1CCN(c2c(F)cccc2F)C1. The minimum Gasteiger partial charge on any atom is -0.365 e. The van der Waals surface area contributed by atoms with E-state index in [-0.39, 0.29) is 17.8 Å². The normalized spacial score (nSPS) is 21.1. The first-order valence-corrected chi connectivity index (χ1v) is 8.93. The third kappa shape index (κ3) is 3.23. The summed E-state index contributed by atoms with van der Waals surface area (Å²) in [6.07, 6.45) is 1.65. The van der Waals surface area contributed by atoms with Gasteiger partial charge >= 0.3 is 6.03 Å². The smallest absolute Gasteiger partial charge is 0.315 e. The summed E-state index contributed by atoms with van der Waals surface area (Å²) in [6, 6.07) is 11.8. The molecule has 26 heavy (non-hydrogen) atoms. The minimum absolute atomic E-state index is 0.0108. The molecule has 2 aromatic rings. The summed E-state index contributed by atoms with van der Waals surface area (Å²) in [5.41, 5.74) is 2.64. The molecule has 2 N–H and O–H groups in total. The predicted octanol–water partition coefficient (Wildman–Crippen LogP) is 3.18. The molecule has 2 aliphatic rings. The summed E-state index contributed by atoms with van der Waals surface area (Å²) in [6.45, 7) is 1.51. The Labute approximate surface area is 151 Å². The number of amides is 2. The number of halogens is 2. The molecule has 1 aliphatic carbocycles. The molecule has 1 fully saturated rings. The number of anilines is 1. The van der Waals surface area contributed by atoms with Gasteiger partial charge in [-0.05, 0) is 36.1 Å². The Morgan fingerprint density at radius 1 is 1.12 bits per heavy atom. The molecule has 1 heterocycles. The van der Waals surface area contributed by atoms with Crippen molar-refractivity contribution in [3.05, 3.63) is 65.2 Å². The lowest BCUT2D eigenvalue weighted by molar-refractivity contribution is 0.236. The third-order valence-corrected chi connectivity index (χ3v) is 5.25. The summed E-state index contributed by atoms with van der Waals surface area (Å²) in [5, 5.41) is 5.82. The van der Waals surface area contributed by atoms with Crippen LogP contribution in [0.2, 0.25) is 0 Å². The molecule has 136 valence electrons. The van der Waals surface area contributed by atoms with Crippen LogP contribution in [0, 0.1) is 11.6 Å². The van der Waals surface area contributed by atoms with E-state index in [0.29, 0.717) is 32.0 Å². The maximum atomic E-state index is 13.9. The molecule has 1 saturated heterocycles. The molecule has 1 aliphatic heterocycles. The first-order valence-electron chi connectivity index (χ1n) is 8.93. The lowest BCUT2D eigenvalue weighted by Gasteiger charge is -2.30. The number of fused-ring (bicyclic) bond motifs is 1. The molecule has 4 nitrogen and oxygen atoms in total. The number of carbonyl (C=O) groups is 1. The highest BCUT2D eigenvalue weighted by Crippen LogP contribution is 2.34. The lowest BCUT2D eigenvalue weighted by atomic mass is 9.78. The fraction of sp³-hybridized carbons (Fsp3) is 0.350. The lowest BCUT2D eigenvalue weighted by Crippen LogP contribution is -2.45. The zero-order valence-corrected chi connectivity index (χ0v) is 14.3. The number of benzene rings is 2. The van der Waals surface area contributed by atoms with E-state index in [1.165, 1.54) is 29.3 Å². The molecular formula is C20H21F2N3O. The number of para-hydroxylation sites is 1. The second-order valence-electron chi connectivity index (χ2n) is 6.96. The van der Waals surface area contributed by atoms with Crippen LogP contribution in [0.4, 0.5) is 19.3 Å². The van der Waals surface area contributed by atoms with Crippen LogP contribution in [0.15, 0.2) is 42.5 Å². The Morgan fingerprint density at radius 3 is 2.65 bits per heavy atom. The quantitative estimate of drug-likeness (QED) is 0.883. The number of nitrogens with zero attached hydrogens (tertiary/aromatic N) is 1. The van der Waals surface area contributed by atoms with Gasteiger partial charge in [0.2, 0.25) is 0 Å². The topological polar surface area (TPSA) is 44.4 Å². The molecule has 0 spiro atoms. The van der Waals surface area contributed by atoms with Gasteiger partial charge in [-0.2, -0.15) is 0 Å². The number of nitrogens with one attached hydrogen (secondary N) is 2. The molecular weight excluding hydrogens is 336 g/mol. The third-order valence-electron chi connectivity index (χ3n) is 5.25. The van der Waals surface area contributed by atoms with Crippen LogP contribution in [-0.2, 0) is 6.42 Å². The van der Waals surface area contributed by atoms with Gasteiger partial charge in [0.25, 0.3) is 0 Å². The van der Waals surface area contributed by atoms with Crippen molar-refractivity contribution in [2.45, 2.75) is 24.8 Å². The van der Waals surface area contributed by atoms with Crippen LogP contribution in [0.3, 0.4) is 0 Å². The van der Waals surface area contributed by atoms with Crippen molar-refractivity contribution in [1.29, 1.82) is 0 Å². The molecule has 6 heteroatoms. The highest BCUT2D eigenvalue weighted by molar-refractivity contribution is 5.74. The molecule has 4 rings (SSSR count). The fourth-order valence-corrected chi connectivity index (χ4v) is 3.87. The Kier molecular flexibility index (Phi) is 4.49. The van der Waals surface area contributed by atoms with Crippen molar-refractivity contribution >= 4 is 11.7 Å². The van der Waals surface area contributed by atoms with Crippen LogP contribution in [-0.4, -0.2) is 31.7 Å². The molecule has 2 aromatic carbocycles. The maximum absolute atomic E-state index is 13.9. The average molecular weight is 357 g/mol. The van der Waals surface area contributed by atoms with E-state index in [1.54, 1.807) is 4.90 Å². The number of hydrogen-bond donors (Lipinski definition) is 2. The first-order chi connectivity index (χ1) is 12.6. The first kappa shape index (κ1) is 16.8. The summed E-state index contributed by atoms with van der Waals surface area (Å²) in [4.78, 5) is 13.8. The highest BCUT2D eigenvalue weighted by atomic mass is 19.1. The van der Waals surface area contributed by atoms with E-state index in [1.807, 2.05) is 12.1 Å². The fourth-order valence-electron chi connectivity index (χ4n) is 3.87. The monoisotopic (exact) mass is 357 g/mol. The van der Waals surface area contributed by atoms with Crippen LogP contribution in [0.5, 0.6) is 0 Å². The van der Waals surface area contributed by atoms with Gasteiger partial charge in [-0.25, -0.2) is 13.6 Å². The summed E-state index contributed by atoms with van der Waals surface area (Å²) in [5.74, 6) is -0.776. The van der Waals surface area contributed by atoms with Crippen LogP contribution in [0.25, 0.3) is 0 Å². The number of hydrogen-bond acceptors (Lipinski definition) is 2. The van der Waals surface area contributed by atoms with Gasteiger partial charge in [-0.1, -0.05) is 30.3 Å². The zero-order valence-electron chi connectivity index (χ0n) is 14.3. The van der Waals surface area contributed by atoms with E-state index < -0.39 is 11.6 Å². The van der Waals surface area contributed by atoms with E-state index in [9.17, 15) is 13.6 Å². The Morgan fingerprint density at radius 2 is 1.88 bits per heavy atom. The zero-order chi connectivity index (χ0) is 18.1. The largest absolute Gasteiger partial charge is 0.365 e. The Hall–Kier alpha value is -2.63. The maximum Gasteiger partial charge on any atom is 0.315 e. The molecule has 2 atom stereocenters. The molecule has 0 radical (unpaired) electrons. The second-order valence-corrected chi connectivity index (χ2v) is 6.96. The highest BCUT2D eigenvalue weighted by Gasteiger charge is 2.29. The van der Waals surface area contributed by atoms with Gasteiger partial charge in [-0.3, -0.25) is 0 Å². The van der Waals surface area contributed by atoms with Gasteiger partial charge in [-0.15, -0.1) is 0 Å². The predicted molar refractivity (Wildman–Crippen MR) is 96.4 cm³/mol. The van der Waals surface area contributed by atoms with Gasteiger partial charge < -0.3 is 15.5 Å². The average Bonchev–Trinajstić information content (AvgIpc) is 3.03. The van der Waals surface area contributed by atoms with E-state index in [4.69, 9.17) is 0 Å². The van der Waals surface area contributed by atoms with Gasteiger partial charge in [0, 0.05) is 31.6 Å². The van der Waals surface area contributed by atoms with Crippen molar-refractivity contribution in [1.82, 2.24) is 10.6 Å². The van der Waals surface area contributed by atoms with Crippen molar-refractivity contribution in [3.63, 3.8) is 0 Å². The molecule has 2 amide bonds. The van der Waals surface area contributed by atoms with Crippen molar-refractivity contribution < 1.29 is 13.6 Å². The van der Waals surface area contributed by atoms with E-state index >= 15 is 0 Å². The van der Waals surface area contributed by atoms with Crippen molar-refractivity contribution in [2.75, 3.05) is 24.5 Å². The second kappa shape index (κ2) is 6.94. The summed E-state index contributed by atoms with van der Waals surface area (Å²) >= 11 is 0. The Balaban J connectivity index is 1.27. The van der Waals surface area contributed by atoms with Gasteiger partial charge in [0.15, 0.2) is 0 Å². The minimum atomic E-state index is -0.571. The molecule has 0 aromatic heterocycles. The standard InChI is InChI=1S/C20H21F2N3O/c21-17-6-3-7-18(22)19(17)25-9-8-15(12-25)24-20(26)23-11-14-10-13-4-1-2-5-16(13)14/h1-7,14-15H,8-12H2,(H2,23,24,26)/t14-,15-/m1/s1. The van der Waals surface area contributed by atoms with Crippen LogP contribution < -0.4 is 15.5 Å². The van der Waals surface area contributed by atoms with Crippen LogP contribution in [0.1, 0.15) is 23.5 Å². The Bertz CT molecular complexity index is 806. The van der Waals surface area contributed by atoms with E-state index in [2.05, 4.69) is 22.8 Å².